The number of hydrogen-bond acceptors (Lipinski definition) is 1. The Balaban J connectivity index is 1.54. The lowest BCUT2D eigenvalue weighted by Crippen LogP contribution is -2.49. The van der Waals surface area contributed by atoms with E-state index in [0.29, 0.717) is 22.7 Å². The van der Waals surface area contributed by atoms with Crippen molar-refractivity contribution in [2.75, 3.05) is 0 Å². The minimum atomic E-state index is -0.0657. The molecule has 9 atom stereocenters. The molecule has 4 aliphatic carbocycles. The van der Waals surface area contributed by atoms with Crippen LogP contribution < -0.4 is 0 Å². The molecule has 0 saturated heterocycles. The fraction of sp³-hybridized carbons (Fsp3) is 0.931. The maximum absolute atomic E-state index is 10.5. The second-order valence-corrected chi connectivity index (χ2v) is 13.0. The first-order chi connectivity index (χ1) is 14.1. The monoisotopic (exact) mass is 414 g/mol. The molecule has 0 amide bonds. The largest absolute Gasteiger partial charge is 0.393 e. The molecule has 1 heteroatoms. The van der Waals surface area contributed by atoms with E-state index >= 15 is 0 Å². The quantitative estimate of drug-likeness (QED) is 0.451. The topological polar surface area (TPSA) is 20.2 Å². The van der Waals surface area contributed by atoms with Crippen molar-refractivity contribution in [2.24, 2.45) is 52.3 Å². The highest BCUT2D eigenvalue weighted by Crippen LogP contribution is 2.66. The van der Waals surface area contributed by atoms with Gasteiger partial charge in [0, 0.05) is 0 Å². The van der Waals surface area contributed by atoms with Crippen molar-refractivity contribution >= 4 is 0 Å². The third-order valence-electron chi connectivity index (χ3n) is 11.5. The van der Waals surface area contributed by atoms with E-state index in [2.05, 4.69) is 48.5 Å². The van der Waals surface area contributed by atoms with Gasteiger partial charge in [0.05, 0.1) is 6.10 Å². The molecule has 0 aromatic carbocycles. The summed E-state index contributed by atoms with van der Waals surface area (Å²) in [5, 5.41) is 10.5. The van der Waals surface area contributed by atoms with Gasteiger partial charge in [0.25, 0.3) is 0 Å². The Labute approximate surface area is 187 Å². The lowest BCUT2D eigenvalue weighted by atomic mass is 9.49. The van der Waals surface area contributed by atoms with Crippen molar-refractivity contribution in [3.63, 3.8) is 0 Å². The Kier molecular flexibility index (Phi) is 6.28. The molecule has 4 aliphatic rings. The Morgan fingerprint density at radius 1 is 0.933 bits per heavy atom. The van der Waals surface area contributed by atoms with Crippen LogP contribution in [0.2, 0.25) is 0 Å². The van der Waals surface area contributed by atoms with Crippen molar-refractivity contribution in [1.82, 2.24) is 0 Å². The van der Waals surface area contributed by atoms with E-state index in [0.717, 1.165) is 36.0 Å². The van der Waals surface area contributed by atoms with Gasteiger partial charge in [0.1, 0.15) is 0 Å². The molecule has 30 heavy (non-hydrogen) atoms. The highest BCUT2D eigenvalue weighted by atomic mass is 16.3. The van der Waals surface area contributed by atoms with Gasteiger partial charge in [-0.25, -0.2) is 0 Å². The summed E-state index contributed by atoms with van der Waals surface area (Å²) in [6.07, 6.45) is 13.3. The molecule has 0 aromatic heterocycles. The van der Waals surface area contributed by atoms with Crippen molar-refractivity contribution in [2.45, 2.75) is 119 Å². The van der Waals surface area contributed by atoms with Gasteiger partial charge in [0.2, 0.25) is 0 Å². The van der Waals surface area contributed by atoms with Crippen LogP contribution in [0.5, 0.6) is 0 Å². The molecule has 0 bridgehead atoms. The van der Waals surface area contributed by atoms with Crippen molar-refractivity contribution in [3.8, 4) is 0 Å². The molecule has 0 spiro atoms. The fourth-order valence-corrected chi connectivity index (χ4v) is 8.94. The minimum Gasteiger partial charge on any atom is -0.393 e. The average molecular weight is 415 g/mol. The predicted octanol–water partition coefficient (Wildman–Crippen LogP) is 8.02. The summed E-state index contributed by atoms with van der Waals surface area (Å²) in [5.74, 6) is 5.52. The van der Waals surface area contributed by atoms with E-state index in [1.165, 1.54) is 57.8 Å². The van der Waals surface area contributed by atoms with Gasteiger partial charge in [0.15, 0.2) is 0 Å². The Bertz CT molecular complexity index is 661. The first-order valence-electron chi connectivity index (χ1n) is 13.5. The van der Waals surface area contributed by atoms with Crippen molar-refractivity contribution in [3.05, 3.63) is 11.1 Å². The molecule has 0 radical (unpaired) electrons. The first kappa shape index (κ1) is 22.9. The van der Waals surface area contributed by atoms with Crippen LogP contribution in [0.1, 0.15) is 113 Å². The van der Waals surface area contributed by atoms with Crippen LogP contribution >= 0.6 is 0 Å². The number of aliphatic hydroxyl groups is 1. The molecule has 0 aliphatic heterocycles. The van der Waals surface area contributed by atoms with Crippen molar-refractivity contribution in [1.29, 1.82) is 0 Å². The zero-order chi connectivity index (χ0) is 21.8. The molecule has 0 heterocycles. The van der Waals surface area contributed by atoms with Crippen molar-refractivity contribution < 1.29 is 5.11 Å². The van der Waals surface area contributed by atoms with Gasteiger partial charge < -0.3 is 5.11 Å². The van der Waals surface area contributed by atoms with Gasteiger partial charge in [-0.05, 0) is 104 Å². The van der Waals surface area contributed by atoms with Gasteiger partial charge in [-0.1, -0.05) is 72.5 Å². The molecule has 4 rings (SSSR count). The summed E-state index contributed by atoms with van der Waals surface area (Å²) in [7, 11) is 0. The summed E-state index contributed by atoms with van der Waals surface area (Å²) < 4.78 is 0. The zero-order valence-electron chi connectivity index (χ0n) is 21.1. The molecule has 2 fully saturated rings. The Morgan fingerprint density at radius 2 is 1.67 bits per heavy atom. The summed E-state index contributed by atoms with van der Waals surface area (Å²) in [5.41, 5.74) is 4.71. The smallest absolute Gasteiger partial charge is 0.0569 e. The highest BCUT2D eigenvalue weighted by Gasteiger charge is 2.56. The van der Waals surface area contributed by atoms with E-state index in [1.54, 1.807) is 0 Å². The lowest BCUT2D eigenvalue weighted by molar-refractivity contribution is -0.0336. The highest BCUT2D eigenvalue weighted by molar-refractivity contribution is 5.34. The molecule has 1 nitrogen and oxygen atoms in total. The van der Waals surface area contributed by atoms with Gasteiger partial charge >= 0.3 is 0 Å². The van der Waals surface area contributed by atoms with Crippen LogP contribution in [0.4, 0.5) is 0 Å². The summed E-state index contributed by atoms with van der Waals surface area (Å²) in [4.78, 5) is 0. The predicted molar refractivity (Wildman–Crippen MR) is 128 cm³/mol. The van der Waals surface area contributed by atoms with Gasteiger partial charge in [-0.15, -0.1) is 0 Å². The normalized spacial score (nSPS) is 45.7. The number of aliphatic hydroxyl groups excluding tert-OH is 1. The summed E-state index contributed by atoms with van der Waals surface area (Å²) in [6.45, 7) is 17.4. The molecular weight excluding hydrogens is 364 g/mol. The van der Waals surface area contributed by atoms with Crippen LogP contribution in [-0.2, 0) is 0 Å². The fourth-order valence-electron chi connectivity index (χ4n) is 8.94. The molecule has 172 valence electrons. The first-order valence-corrected chi connectivity index (χ1v) is 13.5. The zero-order valence-corrected chi connectivity index (χ0v) is 21.1. The van der Waals surface area contributed by atoms with E-state index in [-0.39, 0.29) is 6.10 Å². The second-order valence-electron chi connectivity index (χ2n) is 13.0. The molecular formula is C29H50O. The Hall–Kier alpha value is -0.300. The molecule has 7 unspecified atom stereocenters. The van der Waals surface area contributed by atoms with Crippen LogP contribution in [-0.4, -0.2) is 11.2 Å². The van der Waals surface area contributed by atoms with Gasteiger partial charge in [-0.3, -0.25) is 0 Å². The van der Waals surface area contributed by atoms with E-state index in [9.17, 15) is 5.11 Å². The maximum atomic E-state index is 10.5. The van der Waals surface area contributed by atoms with E-state index < -0.39 is 0 Å². The standard InChI is InChI=1S/C29H50O/c1-18(2)19(3)8-9-20(4)23-12-13-25-22-10-11-24-21(5)27(30)15-17-29(24,7)26(22)14-16-28(23,25)6/h18-21,23-25,27,30H,8-17H2,1-7H3/t19?,20?,21-,23?,24?,25?,27-,28?,29?/m0/s1. The SMILES string of the molecule is CC(C)C(C)CCC(C)C1CCC2C3=C(CCC21C)C1(C)CC[C@H](O)[C@@H](C)C1CC3. The second kappa shape index (κ2) is 8.24. The van der Waals surface area contributed by atoms with Gasteiger partial charge in [-0.2, -0.15) is 0 Å². The van der Waals surface area contributed by atoms with Crippen LogP contribution in [0.15, 0.2) is 11.1 Å². The minimum absolute atomic E-state index is 0.0657. The van der Waals surface area contributed by atoms with Crippen LogP contribution in [0.25, 0.3) is 0 Å². The molecule has 2 saturated carbocycles. The van der Waals surface area contributed by atoms with Crippen LogP contribution in [0, 0.1) is 52.3 Å². The van der Waals surface area contributed by atoms with Crippen LogP contribution in [0.3, 0.4) is 0 Å². The number of fused-ring (bicyclic) bond motifs is 4. The lowest BCUT2D eigenvalue weighted by Gasteiger charge is -2.56. The summed E-state index contributed by atoms with van der Waals surface area (Å²) in [6, 6.07) is 0. The number of rotatable bonds is 5. The Morgan fingerprint density at radius 3 is 2.37 bits per heavy atom. The average Bonchev–Trinajstić information content (AvgIpc) is 3.06. The number of hydrogen-bond donors (Lipinski definition) is 1. The third-order valence-corrected chi connectivity index (χ3v) is 11.5. The number of allylic oxidation sites excluding steroid dienone is 2. The van der Waals surface area contributed by atoms with E-state index in [1.807, 2.05) is 11.1 Å². The van der Waals surface area contributed by atoms with E-state index in [4.69, 9.17) is 0 Å². The maximum Gasteiger partial charge on any atom is 0.0569 e. The molecule has 0 aromatic rings. The summed E-state index contributed by atoms with van der Waals surface area (Å²) >= 11 is 0. The third kappa shape index (κ3) is 3.54. The molecule has 1 N–H and O–H groups in total.